The molecule has 0 fully saturated rings. The predicted molar refractivity (Wildman–Crippen MR) is 62.6 cm³/mol. The third-order valence-electron chi connectivity index (χ3n) is 1.69. The van der Waals surface area contributed by atoms with Crippen molar-refractivity contribution in [2.75, 3.05) is 0 Å². The fourth-order valence-corrected chi connectivity index (χ4v) is 1.10. The van der Waals surface area contributed by atoms with Crippen LogP contribution in [0.4, 0.5) is 0 Å². The van der Waals surface area contributed by atoms with Gasteiger partial charge in [-0.05, 0) is 6.92 Å². The number of nitrogens with zero attached hydrogens (tertiary/aromatic N) is 1. The van der Waals surface area contributed by atoms with Gasteiger partial charge in [0.1, 0.15) is 0 Å². The second-order valence-electron chi connectivity index (χ2n) is 3.41. The molecule has 15 heavy (non-hydrogen) atoms. The zero-order chi connectivity index (χ0) is 11.1. The van der Waals surface area contributed by atoms with Gasteiger partial charge >= 0.3 is 0 Å². The first kappa shape index (κ1) is 11.5. The van der Waals surface area contributed by atoms with Gasteiger partial charge in [0.15, 0.2) is 5.76 Å². The largest absolute Gasteiger partial charge is 0.356 e. The fraction of sp³-hybridized carbons (Fsp3) is 0.308. The maximum absolute atomic E-state index is 5.10. The monoisotopic (exact) mass is 203 g/mol. The van der Waals surface area contributed by atoms with Gasteiger partial charge in [-0.15, -0.1) is 0 Å². The average Bonchev–Trinajstić information content (AvgIpc) is 2.67. The van der Waals surface area contributed by atoms with E-state index in [-0.39, 0.29) is 0 Å². The van der Waals surface area contributed by atoms with Gasteiger partial charge in [0.2, 0.25) is 0 Å². The first-order valence-corrected chi connectivity index (χ1v) is 5.26. The van der Waals surface area contributed by atoms with Crippen LogP contribution in [0, 0.1) is 6.92 Å². The average molecular weight is 203 g/mol. The summed E-state index contributed by atoms with van der Waals surface area (Å²) in [5, 5.41) is 3.82. The summed E-state index contributed by atoms with van der Waals surface area (Å²) in [4.78, 5) is 0. The van der Waals surface area contributed by atoms with Gasteiger partial charge in [-0.3, -0.25) is 0 Å². The van der Waals surface area contributed by atoms with E-state index in [4.69, 9.17) is 4.52 Å². The molecule has 80 valence electrons. The highest BCUT2D eigenvalue weighted by Gasteiger charge is 2.01. The topological polar surface area (TPSA) is 26.0 Å². The lowest BCUT2D eigenvalue weighted by atomic mass is 10.2. The molecule has 0 atom stereocenters. The van der Waals surface area contributed by atoms with Crippen LogP contribution in [0.25, 0.3) is 11.3 Å². The Morgan fingerprint density at radius 1 is 1.13 bits per heavy atom. The molecule has 0 spiro atoms. The maximum atomic E-state index is 5.10. The van der Waals surface area contributed by atoms with Crippen molar-refractivity contribution in [3.05, 3.63) is 42.1 Å². The minimum Gasteiger partial charge on any atom is -0.356 e. The van der Waals surface area contributed by atoms with E-state index < -0.39 is 0 Å². The van der Waals surface area contributed by atoms with Crippen LogP contribution in [-0.4, -0.2) is 5.16 Å². The van der Waals surface area contributed by atoms with Crippen LogP contribution in [0.3, 0.4) is 0 Å². The lowest BCUT2D eigenvalue weighted by molar-refractivity contribution is 0.427. The van der Waals surface area contributed by atoms with Crippen LogP contribution in [0.15, 0.2) is 40.9 Å². The zero-order valence-electron chi connectivity index (χ0n) is 9.53. The molecule has 0 radical (unpaired) electrons. The molecule has 2 heteroatoms. The first-order valence-electron chi connectivity index (χ1n) is 5.26. The second kappa shape index (κ2) is 6.02. The van der Waals surface area contributed by atoms with Crippen molar-refractivity contribution in [2.24, 2.45) is 0 Å². The highest BCUT2D eigenvalue weighted by molar-refractivity contribution is 5.56. The van der Waals surface area contributed by atoms with Crippen LogP contribution in [0.5, 0.6) is 0 Å². The SMILES string of the molecule is CCC.Cc1cc(-c2ccccc2)on1. The van der Waals surface area contributed by atoms with E-state index in [0.717, 1.165) is 17.0 Å². The Morgan fingerprint density at radius 3 is 2.20 bits per heavy atom. The number of aromatic nitrogens is 1. The number of rotatable bonds is 1. The van der Waals surface area contributed by atoms with Gasteiger partial charge in [-0.1, -0.05) is 55.8 Å². The summed E-state index contributed by atoms with van der Waals surface area (Å²) < 4.78 is 5.10. The zero-order valence-corrected chi connectivity index (χ0v) is 9.53. The molecule has 0 bridgehead atoms. The summed E-state index contributed by atoms with van der Waals surface area (Å²) in [6.45, 7) is 6.16. The number of aryl methyl sites for hydroxylation is 1. The van der Waals surface area contributed by atoms with Crippen molar-refractivity contribution in [3.8, 4) is 11.3 Å². The molecule has 0 aliphatic rings. The minimum absolute atomic E-state index is 0.827. The lowest BCUT2D eigenvalue weighted by Crippen LogP contribution is -1.69. The van der Waals surface area contributed by atoms with Gasteiger partial charge in [-0.25, -0.2) is 0 Å². The highest BCUT2D eigenvalue weighted by Crippen LogP contribution is 2.18. The van der Waals surface area contributed by atoms with Crippen LogP contribution in [-0.2, 0) is 0 Å². The molecule has 2 nitrogen and oxygen atoms in total. The summed E-state index contributed by atoms with van der Waals surface area (Å²) in [5.74, 6) is 0.827. The predicted octanol–water partition coefficient (Wildman–Crippen LogP) is 4.07. The molecule has 0 amide bonds. The first-order chi connectivity index (χ1) is 7.27. The van der Waals surface area contributed by atoms with Crippen molar-refractivity contribution >= 4 is 0 Å². The Kier molecular flexibility index (Phi) is 4.61. The smallest absolute Gasteiger partial charge is 0.167 e. The summed E-state index contributed by atoms with van der Waals surface area (Å²) in [6, 6.07) is 11.9. The molecule has 0 aliphatic carbocycles. The Bertz CT molecular complexity index is 378. The summed E-state index contributed by atoms with van der Waals surface area (Å²) >= 11 is 0. The quantitative estimate of drug-likeness (QED) is 0.698. The van der Waals surface area contributed by atoms with Gasteiger partial charge in [0.25, 0.3) is 0 Å². The molecular formula is C13H17NO. The summed E-state index contributed by atoms with van der Waals surface area (Å²) in [7, 11) is 0. The van der Waals surface area contributed by atoms with Crippen LogP contribution >= 0.6 is 0 Å². The van der Waals surface area contributed by atoms with Crippen molar-refractivity contribution in [1.29, 1.82) is 0 Å². The molecule has 2 rings (SSSR count). The third-order valence-corrected chi connectivity index (χ3v) is 1.69. The molecule has 1 heterocycles. The number of hydrogen-bond donors (Lipinski definition) is 0. The molecule has 0 unspecified atom stereocenters. The summed E-state index contributed by atoms with van der Waals surface area (Å²) in [5.41, 5.74) is 1.98. The Balaban J connectivity index is 0.000000337. The van der Waals surface area contributed by atoms with E-state index in [9.17, 15) is 0 Å². The molecule has 2 aromatic rings. The van der Waals surface area contributed by atoms with E-state index in [0.29, 0.717) is 0 Å². The maximum Gasteiger partial charge on any atom is 0.167 e. The van der Waals surface area contributed by atoms with Gasteiger partial charge in [-0.2, -0.15) is 0 Å². The van der Waals surface area contributed by atoms with Gasteiger partial charge in [0.05, 0.1) is 5.69 Å². The van der Waals surface area contributed by atoms with Crippen LogP contribution in [0.1, 0.15) is 26.0 Å². The van der Waals surface area contributed by atoms with Crippen molar-refractivity contribution in [3.63, 3.8) is 0 Å². The number of benzene rings is 1. The standard InChI is InChI=1S/C10H9NO.C3H8/c1-8-7-10(12-11-8)9-5-3-2-4-6-9;1-3-2/h2-7H,1H3;3H2,1-2H3. The van der Waals surface area contributed by atoms with Crippen molar-refractivity contribution < 1.29 is 4.52 Å². The molecular weight excluding hydrogens is 186 g/mol. The van der Waals surface area contributed by atoms with Gasteiger partial charge in [0, 0.05) is 11.6 Å². The second-order valence-corrected chi connectivity index (χ2v) is 3.41. The molecule has 0 aliphatic heterocycles. The van der Waals surface area contributed by atoms with E-state index >= 15 is 0 Å². The minimum atomic E-state index is 0.827. The van der Waals surface area contributed by atoms with E-state index in [1.165, 1.54) is 6.42 Å². The van der Waals surface area contributed by atoms with Crippen LogP contribution < -0.4 is 0 Å². The normalized spacial score (nSPS) is 9.27. The lowest BCUT2D eigenvalue weighted by Gasteiger charge is -1.91. The van der Waals surface area contributed by atoms with E-state index in [1.54, 1.807) is 0 Å². The third kappa shape index (κ3) is 3.58. The van der Waals surface area contributed by atoms with Crippen molar-refractivity contribution in [1.82, 2.24) is 5.16 Å². The fourth-order valence-electron chi connectivity index (χ4n) is 1.10. The Labute approximate surface area is 90.9 Å². The molecule has 0 saturated heterocycles. The summed E-state index contributed by atoms with van der Waals surface area (Å²) in [6.07, 6.45) is 1.25. The highest BCUT2D eigenvalue weighted by atomic mass is 16.5. The van der Waals surface area contributed by atoms with E-state index in [1.807, 2.05) is 43.3 Å². The molecule has 0 N–H and O–H groups in total. The Morgan fingerprint density at radius 2 is 1.73 bits per heavy atom. The number of hydrogen-bond acceptors (Lipinski definition) is 2. The van der Waals surface area contributed by atoms with Crippen molar-refractivity contribution in [2.45, 2.75) is 27.2 Å². The molecule has 0 saturated carbocycles. The van der Waals surface area contributed by atoms with Gasteiger partial charge < -0.3 is 4.52 Å². The Hall–Kier alpha value is -1.57. The molecule has 1 aromatic heterocycles. The molecule has 1 aromatic carbocycles. The van der Waals surface area contributed by atoms with E-state index in [2.05, 4.69) is 19.0 Å². The van der Waals surface area contributed by atoms with Crippen LogP contribution in [0.2, 0.25) is 0 Å².